The first kappa shape index (κ1) is 24.7. The fourth-order valence-corrected chi connectivity index (χ4v) is 2.88. The molecule has 6 nitrogen and oxygen atoms in total. The molecule has 0 fully saturated rings. The van der Waals surface area contributed by atoms with Gasteiger partial charge in [-0.05, 0) is 24.2 Å². The SMILES string of the molecule is CC(C)(C)CC(C)(C(=O)OCCC(=O)NS(=O)(=O)C(F)(F)F)C(C)(C)C. The number of hydrogen-bond acceptors (Lipinski definition) is 5. The molecule has 26 heavy (non-hydrogen) atoms. The van der Waals surface area contributed by atoms with Gasteiger partial charge in [0.2, 0.25) is 5.91 Å². The molecule has 0 aromatic rings. The van der Waals surface area contributed by atoms with Crippen molar-refractivity contribution in [1.29, 1.82) is 0 Å². The maximum absolute atomic E-state index is 12.6. The number of carbonyl (C=O) groups excluding carboxylic acids is 2. The van der Waals surface area contributed by atoms with Crippen molar-refractivity contribution in [2.75, 3.05) is 6.61 Å². The number of nitrogens with one attached hydrogen (secondary N) is 1. The standard InChI is InChI=1S/C16H28F3NO5S/c1-13(2,3)10-15(7,14(4,5)6)12(22)25-9-8-11(21)20-26(23,24)16(17,18)19/h8-10H2,1-7H3,(H,20,21). The minimum Gasteiger partial charge on any atom is -0.465 e. The number of rotatable bonds is 6. The lowest BCUT2D eigenvalue weighted by Gasteiger charge is -2.43. The Bertz CT molecular complexity index is 630. The lowest BCUT2D eigenvalue weighted by atomic mass is 9.61. The number of carbonyl (C=O) groups is 2. The fourth-order valence-electron chi connectivity index (χ4n) is 2.36. The van der Waals surface area contributed by atoms with Crippen molar-refractivity contribution in [2.24, 2.45) is 16.2 Å². The average Bonchev–Trinajstić information content (AvgIpc) is 2.32. The van der Waals surface area contributed by atoms with Gasteiger partial charge in [0.1, 0.15) is 6.61 Å². The number of ether oxygens (including phenoxy) is 1. The van der Waals surface area contributed by atoms with Crippen LogP contribution in [-0.4, -0.2) is 32.4 Å². The molecule has 0 radical (unpaired) electrons. The van der Waals surface area contributed by atoms with Crippen LogP contribution in [0.15, 0.2) is 0 Å². The van der Waals surface area contributed by atoms with E-state index in [0.717, 1.165) is 4.72 Å². The van der Waals surface area contributed by atoms with Gasteiger partial charge in [0, 0.05) is 0 Å². The second-order valence-corrected chi connectivity index (χ2v) is 10.4. The van der Waals surface area contributed by atoms with E-state index in [4.69, 9.17) is 4.74 Å². The molecule has 0 aliphatic rings. The van der Waals surface area contributed by atoms with Crippen LogP contribution < -0.4 is 4.72 Å². The number of hydrogen-bond donors (Lipinski definition) is 1. The summed E-state index contributed by atoms with van der Waals surface area (Å²) < 4.78 is 64.3. The summed E-state index contributed by atoms with van der Waals surface area (Å²) >= 11 is 0. The van der Waals surface area contributed by atoms with Gasteiger partial charge in [0.05, 0.1) is 11.8 Å². The smallest absolute Gasteiger partial charge is 0.465 e. The van der Waals surface area contributed by atoms with E-state index in [9.17, 15) is 31.2 Å². The molecule has 0 heterocycles. The topological polar surface area (TPSA) is 89.5 Å². The van der Waals surface area contributed by atoms with Crippen LogP contribution >= 0.6 is 0 Å². The quantitative estimate of drug-likeness (QED) is 0.687. The Kier molecular flexibility index (Phi) is 7.34. The third kappa shape index (κ3) is 6.77. The molecule has 10 heteroatoms. The highest BCUT2D eigenvalue weighted by molar-refractivity contribution is 7.90. The number of amides is 1. The van der Waals surface area contributed by atoms with Gasteiger partial charge in [-0.25, -0.2) is 4.72 Å². The molecule has 0 aliphatic carbocycles. The predicted octanol–water partition coefficient (Wildman–Crippen LogP) is 3.37. The fraction of sp³-hybridized carbons (Fsp3) is 0.875. The van der Waals surface area contributed by atoms with Crippen LogP contribution in [-0.2, 0) is 24.3 Å². The molecule has 0 aromatic carbocycles. The highest BCUT2D eigenvalue weighted by Crippen LogP contribution is 2.47. The maximum atomic E-state index is 12.6. The molecule has 0 spiro atoms. The number of halogens is 3. The van der Waals surface area contributed by atoms with Crippen molar-refractivity contribution in [3.8, 4) is 0 Å². The van der Waals surface area contributed by atoms with E-state index in [1.165, 1.54) is 0 Å². The van der Waals surface area contributed by atoms with E-state index in [0.29, 0.717) is 6.42 Å². The van der Waals surface area contributed by atoms with Gasteiger partial charge in [0.15, 0.2) is 0 Å². The minimum absolute atomic E-state index is 0.195. The number of esters is 1. The summed E-state index contributed by atoms with van der Waals surface area (Å²) in [6.07, 6.45) is -0.215. The zero-order valence-corrected chi connectivity index (χ0v) is 17.0. The highest BCUT2D eigenvalue weighted by atomic mass is 32.2. The highest BCUT2D eigenvalue weighted by Gasteiger charge is 2.48. The Morgan fingerprint density at radius 3 is 1.77 bits per heavy atom. The van der Waals surface area contributed by atoms with Gasteiger partial charge in [-0.1, -0.05) is 41.5 Å². The van der Waals surface area contributed by atoms with Crippen molar-refractivity contribution in [2.45, 2.75) is 66.8 Å². The van der Waals surface area contributed by atoms with Gasteiger partial charge >= 0.3 is 21.5 Å². The summed E-state index contributed by atoms with van der Waals surface area (Å²) in [6, 6.07) is 0. The largest absolute Gasteiger partial charge is 0.516 e. The molecule has 0 saturated heterocycles. The Morgan fingerprint density at radius 1 is 0.962 bits per heavy atom. The third-order valence-corrected chi connectivity index (χ3v) is 5.21. The summed E-state index contributed by atoms with van der Waals surface area (Å²) in [5, 5.41) is 0. The summed E-state index contributed by atoms with van der Waals surface area (Å²) in [4.78, 5) is 23.9. The zero-order valence-electron chi connectivity index (χ0n) is 16.2. The normalized spacial score (nSPS) is 15.9. The third-order valence-electron chi connectivity index (χ3n) is 4.10. The lowest BCUT2D eigenvalue weighted by molar-refractivity contribution is -0.165. The molecule has 1 unspecified atom stereocenters. The van der Waals surface area contributed by atoms with Crippen molar-refractivity contribution >= 4 is 21.9 Å². The Hall–Kier alpha value is -1.32. The molecule has 0 bridgehead atoms. The molecular weight excluding hydrogens is 375 g/mol. The first-order chi connectivity index (χ1) is 11.2. The van der Waals surface area contributed by atoms with Gasteiger partial charge < -0.3 is 4.74 Å². The van der Waals surface area contributed by atoms with E-state index < -0.39 is 51.3 Å². The minimum atomic E-state index is -5.76. The Labute approximate surface area is 152 Å². The first-order valence-electron chi connectivity index (χ1n) is 8.02. The van der Waals surface area contributed by atoms with Crippen molar-refractivity contribution in [1.82, 2.24) is 4.72 Å². The average molecular weight is 403 g/mol. The summed E-state index contributed by atoms with van der Waals surface area (Å²) in [7, 11) is -5.76. The molecule has 154 valence electrons. The zero-order chi connectivity index (χ0) is 21.2. The van der Waals surface area contributed by atoms with Gasteiger partial charge in [0.25, 0.3) is 0 Å². The van der Waals surface area contributed by atoms with Gasteiger partial charge in [-0.15, -0.1) is 0 Å². The van der Waals surface area contributed by atoms with Crippen LogP contribution in [0, 0.1) is 16.2 Å². The number of alkyl halides is 3. The monoisotopic (exact) mass is 403 g/mol. The van der Waals surface area contributed by atoms with Crippen LogP contribution in [0.5, 0.6) is 0 Å². The van der Waals surface area contributed by atoms with Crippen LogP contribution in [0.2, 0.25) is 0 Å². The molecule has 0 saturated carbocycles. The Balaban J connectivity index is 4.94. The Morgan fingerprint density at radius 2 is 1.42 bits per heavy atom. The van der Waals surface area contributed by atoms with E-state index in [1.54, 1.807) is 6.92 Å². The van der Waals surface area contributed by atoms with Crippen molar-refractivity contribution in [3.05, 3.63) is 0 Å². The molecule has 0 rings (SSSR count). The van der Waals surface area contributed by atoms with Crippen LogP contribution in [0.4, 0.5) is 13.2 Å². The molecule has 1 atom stereocenters. The predicted molar refractivity (Wildman–Crippen MR) is 90.3 cm³/mol. The van der Waals surface area contributed by atoms with Crippen LogP contribution in [0.25, 0.3) is 0 Å². The molecule has 0 aromatic heterocycles. The van der Waals surface area contributed by atoms with E-state index >= 15 is 0 Å². The van der Waals surface area contributed by atoms with Gasteiger partial charge in [-0.2, -0.15) is 21.6 Å². The summed E-state index contributed by atoms with van der Waals surface area (Å²) in [5.41, 5.74) is -7.16. The second kappa shape index (κ2) is 7.74. The molecule has 1 amide bonds. The van der Waals surface area contributed by atoms with E-state index in [-0.39, 0.29) is 5.41 Å². The first-order valence-corrected chi connectivity index (χ1v) is 9.50. The van der Waals surface area contributed by atoms with E-state index in [2.05, 4.69) is 0 Å². The van der Waals surface area contributed by atoms with Crippen molar-refractivity contribution < 1.29 is 35.9 Å². The van der Waals surface area contributed by atoms with E-state index in [1.807, 2.05) is 41.5 Å². The second-order valence-electron chi connectivity index (χ2n) is 8.68. The summed E-state index contributed by atoms with van der Waals surface area (Å²) in [5.74, 6) is -1.99. The molecule has 0 aliphatic heterocycles. The summed E-state index contributed by atoms with van der Waals surface area (Å²) in [6.45, 7) is 12.7. The number of sulfonamides is 1. The molecule has 1 N–H and O–H groups in total. The lowest BCUT2D eigenvalue weighted by Crippen LogP contribution is -2.45. The van der Waals surface area contributed by atoms with Crippen LogP contribution in [0.3, 0.4) is 0 Å². The van der Waals surface area contributed by atoms with Gasteiger partial charge in [-0.3, -0.25) is 9.59 Å². The molecular formula is C16H28F3NO5S. The van der Waals surface area contributed by atoms with Crippen LogP contribution in [0.1, 0.15) is 61.3 Å². The maximum Gasteiger partial charge on any atom is 0.516 e. The van der Waals surface area contributed by atoms with Crippen molar-refractivity contribution in [3.63, 3.8) is 0 Å².